The molecule has 1 aliphatic heterocycles. The zero-order valence-corrected chi connectivity index (χ0v) is 20.5. The number of piperazine rings is 1. The maximum atomic E-state index is 12.6. The van der Waals surface area contributed by atoms with Gasteiger partial charge in [0.15, 0.2) is 5.78 Å². The Kier molecular flexibility index (Phi) is 7.88. The van der Waals surface area contributed by atoms with E-state index in [0.717, 1.165) is 26.2 Å². The molecule has 6 heteroatoms. The first-order valence-electron chi connectivity index (χ1n) is 11.6. The number of ether oxygens (including phenoxy) is 1. The van der Waals surface area contributed by atoms with Crippen molar-refractivity contribution in [2.24, 2.45) is 0 Å². The lowest BCUT2D eigenvalue weighted by Gasteiger charge is -2.37. The van der Waals surface area contributed by atoms with Gasteiger partial charge in [0, 0.05) is 54.6 Å². The summed E-state index contributed by atoms with van der Waals surface area (Å²) < 4.78 is 5.76. The zero-order valence-electron chi connectivity index (χ0n) is 19.7. The number of anilines is 1. The van der Waals surface area contributed by atoms with Crippen LogP contribution in [0.4, 0.5) is 5.69 Å². The van der Waals surface area contributed by atoms with Crippen molar-refractivity contribution in [1.82, 2.24) is 4.90 Å². The minimum absolute atomic E-state index is 0.0665. The lowest BCUT2D eigenvalue weighted by Crippen LogP contribution is -2.49. The largest absolute Gasteiger partial charge is 0.491 e. The molecule has 34 heavy (non-hydrogen) atoms. The third-order valence-electron chi connectivity index (χ3n) is 6.36. The number of aliphatic hydroxyl groups excluding tert-OH is 1. The Labute approximate surface area is 206 Å². The molecule has 0 unspecified atom stereocenters. The molecule has 0 aliphatic carbocycles. The highest BCUT2D eigenvalue weighted by Crippen LogP contribution is 2.21. The number of β-amino-alcohol motifs (C(OH)–C–C–N with tert-alkyl or cyclic N) is 1. The summed E-state index contributed by atoms with van der Waals surface area (Å²) >= 11 is 5.89. The first kappa shape index (κ1) is 24.3. The fourth-order valence-electron chi connectivity index (χ4n) is 4.12. The van der Waals surface area contributed by atoms with E-state index in [-0.39, 0.29) is 12.4 Å². The smallest absolute Gasteiger partial charge is 0.193 e. The van der Waals surface area contributed by atoms with Gasteiger partial charge in [-0.05, 0) is 85.6 Å². The fraction of sp³-hybridized carbons (Fsp3) is 0.321. The summed E-state index contributed by atoms with van der Waals surface area (Å²) in [6.45, 7) is 8.78. The molecule has 3 aromatic carbocycles. The molecule has 1 atom stereocenters. The average Bonchev–Trinajstić information content (AvgIpc) is 2.85. The van der Waals surface area contributed by atoms with Gasteiger partial charge in [0.05, 0.1) is 0 Å². The Morgan fingerprint density at radius 1 is 0.912 bits per heavy atom. The molecule has 3 aromatic rings. The minimum Gasteiger partial charge on any atom is -0.491 e. The Morgan fingerprint density at radius 3 is 2.15 bits per heavy atom. The van der Waals surface area contributed by atoms with Gasteiger partial charge in [-0.1, -0.05) is 17.7 Å². The van der Waals surface area contributed by atoms with E-state index in [1.54, 1.807) is 48.5 Å². The number of rotatable bonds is 8. The second kappa shape index (κ2) is 11.0. The molecule has 0 radical (unpaired) electrons. The summed E-state index contributed by atoms with van der Waals surface area (Å²) in [6, 6.07) is 20.5. The summed E-state index contributed by atoms with van der Waals surface area (Å²) in [6.07, 6.45) is -0.580. The molecular weight excluding hydrogens is 448 g/mol. The highest BCUT2D eigenvalue weighted by atomic mass is 35.5. The molecule has 0 bridgehead atoms. The fourth-order valence-corrected chi connectivity index (χ4v) is 4.25. The molecule has 0 saturated carbocycles. The number of halogens is 1. The molecule has 1 aliphatic rings. The van der Waals surface area contributed by atoms with E-state index in [9.17, 15) is 9.90 Å². The van der Waals surface area contributed by atoms with E-state index in [4.69, 9.17) is 16.3 Å². The van der Waals surface area contributed by atoms with Crippen LogP contribution in [0.5, 0.6) is 5.75 Å². The van der Waals surface area contributed by atoms with Crippen molar-refractivity contribution < 1.29 is 14.6 Å². The summed E-state index contributed by atoms with van der Waals surface area (Å²) in [5.74, 6) is 0.564. The molecule has 0 spiro atoms. The maximum absolute atomic E-state index is 12.6. The van der Waals surface area contributed by atoms with Crippen molar-refractivity contribution in [2.75, 3.05) is 44.2 Å². The van der Waals surface area contributed by atoms with Crippen LogP contribution >= 0.6 is 11.6 Å². The van der Waals surface area contributed by atoms with Crippen molar-refractivity contribution in [1.29, 1.82) is 0 Å². The normalized spacial score (nSPS) is 15.2. The van der Waals surface area contributed by atoms with Gasteiger partial charge in [0.25, 0.3) is 0 Å². The summed E-state index contributed by atoms with van der Waals surface area (Å²) in [4.78, 5) is 17.2. The van der Waals surface area contributed by atoms with Crippen LogP contribution < -0.4 is 9.64 Å². The first-order valence-corrected chi connectivity index (χ1v) is 12.0. The molecule has 1 heterocycles. The number of benzene rings is 3. The summed E-state index contributed by atoms with van der Waals surface area (Å²) in [5, 5.41) is 11.1. The van der Waals surface area contributed by atoms with Crippen LogP contribution in [-0.2, 0) is 0 Å². The Hall–Kier alpha value is -2.86. The van der Waals surface area contributed by atoms with Gasteiger partial charge in [-0.25, -0.2) is 0 Å². The third kappa shape index (κ3) is 6.17. The number of carbonyl (C=O) groups excluding carboxylic acids is 1. The number of aryl methyl sites for hydroxylation is 2. The number of nitrogens with zero attached hydrogens (tertiary/aromatic N) is 2. The number of aliphatic hydroxyl groups is 1. The van der Waals surface area contributed by atoms with Crippen LogP contribution in [0.25, 0.3) is 0 Å². The van der Waals surface area contributed by atoms with Gasteiger partial charge in [0.1, 0.15) is 18.5 Å². The highest BCUT2D eigenvalue weighted by molar-refractivity contribution is 6.30. The van der Waals surface area contributed by atoms with Crippen molar-refractivity contribution in [3.63, 3.8) is 0 Å². The standard InChI is InChI=1S/C28H31ClN2O3/c1-20-3-10-25(17-21(20)2)31-15-13-30(14-16-31)18-26(32)19-34-27-11-6-23(7-12-27)28(33)22-4-8-24(29)9-5-22/h3-12,17,26,32H,13-16,18-19H2,1-2H3/t26-/m0/s1. The second-order valence-electron chi connectivity index (χ2n) is 8.88. The predicted molar refractivity (Wildman–Crippen MR) is 137 cm³/mol. The topological polar surface area (TPSA) is 53.0 Å². The molecule has 4 rings (SSSR count). The lowest BCUT2D eigenvalue weighted by atomic mass is 10.0. The molecule has 178 valence electrons. The summed E-state index contributed by atoms with van der Waals surface area (Å²) in [7, 11) is 0. The maximum Gasteiger partial charge on any atom is 0.193 e. The second-order valence-corrected chi connectivity index (χ2v) is 9.32. The number of hydrogen-bond donors (Lipinski definition) is 1. The predicted octanol–water partition coefficient (Wildman–Crippen LogP) is 4.75. The molecule has 0 aromatic heterocycles. The minimum atomic E-state index is -0.580. The van der Waals surface area contributed by atoms with Crippen molar-refractivity contribution >= 4 is 23.1 Å². The number of ketones is 1. The van der Waals surface area contributed by atoms with Gasteiger partial charge in [-0.3, -0.25) is 9.69 Å². The Morgan fingerprint density at radius 2 is 1.53 bits per heavy atom. The Balaban J connectivity index is 1.22. The Bertz CT molecular complexity index is 1110. The van der Waals surface area contributed by atoms with E-state index in [1.807, 2.05) is 0 Å². The van der Waals surface area contributed by atoms with Crippen LogP contribution in [-0.4, -0.2) is 61.2 Å². The molecule has 1 N–H and O–H groups in total. The first-order chi connectivity index (χ1) is 16.4. The van der Waals surface area contributed by atoms with Crippen molar-refractivity contribution in [3.8, 4) is 5.75 Å². The van der Waals surface area contributed by atoms with Gasteiger partial charge in [-0.15, -0.1) is 0 Å². The molecular formula is C28H31ClN2O3. The molecule has 1 fully saturated rings. The van der Waals surface area contributed by atoms with Crippen LogP contribution in [0.15, 0.2) is 66.7 Å². The quantitative estimate of drug-likeness (QED) is 0.473. The van der Waals surface area contributed by atoms with E-state index in [0.29, 0.717) is 28.4 Å². The van der Waals surface area contributed by atoms with Gasteiger partial charge in [-0.2, -0.15) is 0 Å². The zero-order chi connectivity index (χ0) is 24.1. The van der Waals surface area contributed by atoms with Crippen molar-refractivity contribution in [2.45, 2.75) is 20.0 Å². The van der Waals surface area contributed by atoms with E-state index < -0.39 is 6.10 Å². The van der Waals surface area contributed by atoms with Crippen molar-refractivity contribution in [3.05, 3.63) is 94.0 Å². The van der Waals surface area contributed by atoms with Crippen LogP contribution in [0.2, 0.25) is 5.02 Å². The van der Waals surface area contributed by atoms with Gasteiger partial charge >= 0.3 is 0 Å². The molecule has 1 saturated heterocycles. The number of carbonyl (C=O) groups is 1. The average molecular weight is 479 g/mol. The van der Waals surface area contributed by atoms with E-state index in [2.05, 4.69) is 41.8 Å². The lowest BCUT2D eigenvalue weighted by molar-refractivity contribution is 0.0663. The highest BCUT2D eigenvalue weighted by Gasteiger charge is 2.20. The molecule has 0 amide bonds. The number of hydrogen-bond acceptors (Lipinski definition) is 5. The SMILES string of the molecule is Cc1ccc(N2CCN(C[C@H](O)COc3ccc(C(=O)c4ccc(Cl)cc4)cc3)CC2)cc1C. The van der Waals surface area contributed by atoms with Gasteiger partial charge in [0.2, 0.25) is 0 Å². The van der Waals surface area contributed by atoms with E-state index in [1.165, 1.54) is 16.8 Å². The van der Waals surface area contributed by atoms with Gasteiger partial charge < -0.3 is 14.7 Å². The van der Waals surface area contributed by atoms with Crippen LogP contribution in [0.1, 0.15) is 27.0 Å². The third-order valence-corrected chi connectivity index (χ3v) is 6.61. The molecule has 5 nitrogen and oxygen atoms in total. The summed E-state index contributed by atoms with van der Waals surface area (Å²) in [5.41, 5.74) is 5.07. The van der Waals surface area contributed by atoms with Crippen LogP contribution in [0, 0.1) is 13.8 Å². The van der Waals surface area contributed by atoms with E-state index >= 15 is 0 Å². The monoisotopic (exact) mass is 478 g/mol. The van der Waals surface area contributed by atoms with Crippen LogP contribution in [0.3, 0.4) is 0 Å².